The third-order valence-corrected chi connectivity index (χ3v) is 5.23. The van der Waals surface area contributed by atoms with E-state index in [4.69, 9.17) is 0 Å². The van der Waals surface area contributed by atoms with Gasteiger partial charge in [-0.25, -0.2) is 9.07 Å². The van der Waals surface area contributed by atoms with E-state index in [0.29, 0.717) is 5.69 Å². The zero-order valence-corrected chi connectivity index (χ0v) is 15.8. The Morgan fingerprint density at radius 2 is 1.85 bits per heavy atom. The van der Waals surface area contributed by atoms with Crippen LogP contribution in [0, 0.1) is 19.7 Å². The number of carbonyl (C=O) groups is 1. The molecule has 0 unspecified atom stereocenters. The minimum Gasteiger partial charge on any atom is -0.310 e. The number of hydrogen-bond acceptors (Lipinski definition) is 2. The number of halogens is 1. The van der Waals surface area contributed by atoms with E-state index in [1.807, 2.05) is 32.0 Å². The summed E-state index contributed by atoms with van der Waals surface area (Å²) < 4.78 is 15.1. The van der Waals surface area contributed by atoms with Gasteiger partial charge in [0.2, 0.25) is 0 Å². The first-order chi connectivity index (χ1) is 13.0. The number of anilines is 1. The van der Waals surface area contributed by atoms with Gasteiger partial charge >= 0.3 is 0 Å². The quantitative estimate of drug-likeness (QED) is 0.692. The number of fused-ring (bicyclic) bond motifs is 1. The molecule has 27 heavy (non-hydrogen) atoms. The second-order valence-corrected chi connectivity index (χ2v) is 7.17. The van der Waals surface area contributed by atoms with E-state index in [2.05, 4.69) is 5.10 Å². The molecule has 1 heterocycles. The molecule has 4 nitrogen and oxygen atoms in total. The van der Waals surface area contributed by atoms with Crippen molar-refractivity contribution in [1.82, 2.24) is 9.78 Å². The maximum Gasteiger partial charge on any atom is 0.278 e. The Morgan fingerprint density at radius 1 is 1.11 bits per heavy atom. The number of aromatic nitrogens is 2. The van der Waals surface area contributed by atoms with Crippen LogP contribution < -0.4 is 4.90 Å². The fraction of sp³-hybridized carbons (Fsp3) is 0.273. The van der Waals surface area contributed by atoms with Crippen molar-refractivity contribution < 1.29 is 9.18 Å². The van der Waals surface area contributed by atoms with Crippen molar-refractivity contribution in [3.05, 3.63) is 76.4 Å². The van der Waals surface area contributed by atoms with Gasteiger partial charge in [-0.3, -0.25) is 4.79 Å². The molecule has 4 rings (SSSR count). The first kappa shape index (κ1) is 17.5. The lowest BCUT2D eigenvalue weighted by atomic mass is 10.1. The highest BCUT2D eigenvalue weighted by Crippen LogP contribution is 2.30. The van der Waals surface area contributed by atoms with E-state index in [9.17, 15) is 9.18 Å². The van der Waals surface area contributed by atoms with E-state index in [-0.39, 0.29) is 11.7 Å². The molecule has 0 bridgehead atoms. The number of aryl methyl sites for hydroxylation is 2. The van der Waals surface area contributed by atoms with E-state index in [1.165, 1.54) is 12.1 Å². The molecule has 1 aromatic heterocycles. The summed E-state index contributed by atoms with van der Waals surface area (Å²) in [5, 5.41) is 4.63. The van der Waals surface area contributed by atoms with Gasteiger partial charge in [0.1, 0.15) is 5.82 Å². The summed E-state index contributed by atoms with van der Waals surface area (Å²) >= 11 is 0. The normalized spacial score (nSPS) is 12.9. The van der Waals surface area contributed by atoms with Crippen molar-refractivity contribution in [2.45, 2.75) is 33.1 Å². The minimum absolute atomic E-state index is 0.109. The smallest absolute Gasteiger partial charge is 0.278 e. The molecule has 1 amide bonds. The third-order valence-electron chi connectivity index (χ3n) is 5.23. The molecule has 0 atom stereocenters. The van der Waals surface area contributed by atoms with Crippen molar-refractivity contribution in [2.24, 2.45) is 0 Å². The maximum atomic E-state index is 13.3. The average molecular weight is 363 g/mol. The lowest BCUT2D eigenvalue weighted by molar-refractivity contribution is 0.0987. The monoisotopic (exact) mass is 363 g/mol. The van der Waals surface area contributed by atoms with Gasteiger partial charge in [0.25, 0.3) is 5.91 Å². The van der Waals surface area contributed by atoms with Crippen LogP contribution in [-0.4, -0.2) is 22.7 Å². The third kappa shape index (κ3) is 3.03. The Hall–Kier alpha value is -2.95. The van der Waals surface area contributed by atoms with E-state index in [1.54, 1.807) is 28.8 Å². The zero-order chi connectivity index (χ0) is 19.1. The number of benzene rings is 2. The van der Waals surface area contributed by atoms with Gasteiger partial charge in [-0.15, -0.1) is 0 Å². The first-order valence-electron chi connectivity index (χ1n) is 9.17. The van der Waals surface area contributed by atoms with Crippen LogP contribution in [-0.2, 0) is 12.8 Å². The summed E-state index contributed by atoms with van der Waals surface area (Å²) in [6, 6.07) is 12.3. The largest absolute Gasteiger partial charge is 0.310 e. The Labute approximate surface area is 158 Å². The number of amides is 1. The van der Waals surface area contributed by atoms with Crippen LogP contribution in [0.3, 0.4) is 0 Å². The van der Waals surface area contributed by atoms with Crippen LogP contribution in [0.25, 0.3) is 5.69 Å². The molecule has 0 fully saturated rings. The summed E-state index contributed by atoms with van der Waals surface area (Å²) in [5.41, 5.74) is 6.39. The highest BCUT2D eigenvalue weighted by atomic mass is 19.1. The highest BCUT2D eigenvalue weighted by molar-refractivity contribution is 6.06. The second kappa shape index (κ2) is 6.65. The molecule has 0 N–H and O–H groups in total. The van der Waals surface area contributed by atoms with Crippen LogP contribution in [0.1, 0.15) is 39.3 Å². The molecule has 0 saturated carbocycles. The number of hydrogen-bond donors (Lipinski definition) is 0. The van der Waals surface area contributed by atoms with Crippen LogP contribution in [0.2, 0.25) is 0 Å². The molecule has 1 aliphatic carbocycles. The summed E-state index contributed by atoms with van der Waals surface area (Å²) in [6.07, 6.45) is 2.72. The van der Waals surface area contributed by atoms with Gasteiger partial charge in [0, 0.05) is 24.0 Å². The minimum atomic E-state index is -0.284. The Balaban J connectivity index is 1.76. The van der Waals surface area contributed by atoms with Crippen molar-refractivity contribution in [3.63, 3.8) is 0 Å². The second-order valence-electron chi connectivity index (χ2n) is 7.17. The van der Waals surface area contributed by atoms with Crippen molar-refractivity contribution in [3.8, 4) is 5.69 Å². The van der Waals surface area contributed by atoms with E-state index < -0.39 is 0 Å². The molecule has 138 valence electrons. The van der Waals surface area contributed by atoms with Crippen molar-refractivity contribution in [1.29, 1.82) is 0 Å². The topological polar surface area (TPSA) is 38.1 Å². The predicted octanol–water partition coefficient (Wildman–Crippen LogP) is 4.39. The molecule has 5 heteroatoms. The SMILES string of the molecule is Cc1ccc(C)c(N(C)C(=O)c2nn(-c3ccc(F)cc3)c3c2CCC3)c1. The van der Waals surface area contributed by atoms with Crippen molar-refractivity contribution in [2.75, 3.05) is 11.9 Å². The lowest BCUT2D eigenvalue weighted by Crippen LogP contribution is -2.28. The molecule has 1 aliphatic rings. The van der Waals surface area contributed by atoms with Crippen LogP contribution in [0.5, 0.6) is 0 Å². The molecule has 0 radical (unpaired) electrons. The molecule has 0 spiro atoms. The maximum absolute atomic E-state index is 13.3. The summed E-state index contributed by atoms with van der Waals surface area (Å²) in [5.74, 6) is -0.392. The molecular formula is C22H22FN3O. The van der Waals surface area contributed by atoms with Gasteiger partial charge < -0.3 is 4.90 Å². The molecule has 2 aromatic carbocycles. The van der Waals surface area contributed by atoms with Gasteiger partial charge in [-0.05, 0) is 74.6 Å². The predicted molar refractivity (Wildman–Crippen MR) is 104 cm³/mol. The van der Waals surface area contributed by atoms with Gasteiger partial charge in [-0.2, -0.15) is 5.10 Å². The summed E-state index contributed by atoms with van der Waals surface area (Å²) in [4.78, 5) is 14.9. The molecular weight excluding hydrogens is 341 g/mol. The molecule has 0 aliphatic heterocycles. The van der Waals surface area contributed by atoms with Crippen molar-refractivity contribution >= 4 is 11.6 Å². The highest BCUT2D eigenvalue weighted by Gasteiger charge is 2.29. The van der Waals surface area contributed by atoms with Gasteiger partial charge in [0.15, 0.2) is 5.69 Å². The average Bonchev–Trinajstić information content (AvgIpc) is 3.26. The standard InChI is InChI=1S/C22H22FN3O/c1-14-7-8-15(2)20(13-14)25(3)22(27)21-18-5-4-6-19(18)26(24-21)17-11-9-16(23)10-12-17/h7-13H,4-6H2,1-3H3. The Morgan fingerprint density at radius 3 is 2.59 bits per heavy atom. The first-order valence-corrected chi connectivity index (χ1v) is 9.17. The zero-order valence-electron chi connectivity index (χ0n) is 15.8. The molecule has 0 saturated heterocycles. The van der Waals surface area contributed by atoms with Gasteiger partial charge in [-0.1, -0.05) is 12.1 Å². The summed E-state index contributed by atoms with van der Waals surface area (Å²) in [6.45, 7) is 4.02. The van der Waals surface area contributed by atoms with Crippen LogP contribution in [0.4, 0.5) is 10.1 Å². The fourth-order valence-electron chi connectivity index (χ4n) is 3.75. The number of carbonyl (C=O) groups excluding carboxylic acids is 1. The number of rotatable bonds is 3. The summed E-state index contributed by atoms with van der Waals surface area (Å²) in [7, 11) is 1.79. The Bertz CT molecular complexity index is 1020. The van der Waals surface area contributed by atoms with E-state index >= 15 is 0 Å². The Kier molecular flexibility index (Phi) is 4.30. The lowest BCUT2D eigenvalue weighted by Gasteiger charge is -2.19. The van der Waals surface area contributed by atoms with Crippen LogP contribution >= 0.6 is 0 Å². The fourth-order valence-corrected chi connectivity index (χ4v) is 3.75. The van der Waals surface area contributed by atoms with E-state index in [0.717, 1.165) is 53.0 Å². The molecule has 3 aromatic rings. The van der Waals surface area contributed by atoms with Gasteiger partial charge in [0.05, 0.1) is 5.69 Å². The number of nitrogens with zero attached hydrogens (tertiary/aromatic N) is 3. The van der Waals surface area contributed by atoms with Crippen LogP contribution in [0.15, 0.2) is 42.5 Å².